The molecule has 0 fully saturated rings. The number of hydrogen-bond donors (Lipinski definition) is 1. The number of Topliss-reactive ketones (excluding diaryl/α,β-unsaturated/α-hetero) is 1. The van der Waals surface area contributed by atoms with E-state index in [1.54, 1.807) is 30.5 Å². The van der Waals surface area contributed by atoms with Gasteiger partial charge in [-0.2, -0.15) is 0 Å². The number of rotatable bonds is 6. The molecule has 5 heteroatoms. The summed E-state index contributed by atoms with van der Waals surface area (Å²) >= 11 is 0. The van der Waals surface area contributed by atoms with Crippen LogP contribution in [0.3, 0.4) is 0 Å². The van der Waals surface area contributed by atoms with E-state index in [1.165, 1.54) is 6.92 Å². The van der Waals surface area contributed by atoms with Crippen LogP contribution in [0.1, 0.15) is 40.1 Å². The maximum absolute atomic E-state index is 12.5. The van der Waals surface area contributed by atoms with Crippen molar-refractivity contribution in [2.45, 2.75) is 26.8 Å². The summed E-state index contributed by atoms with van der Waals surface area (Å²) in [4.78, 5) is 35.3. The summed E-state index contributed by atoms with van der Waals surface area (Å²) in [5, 5.41) is 3.67. The van der Waals surface area contributed by atoms with Crippen LogP contribution in [0.25, 0.3) is 10.9 Å². The van der Waals surface area contributed by atoms with Gasteiger partial charge in [-0.3, -0.25) is 14.4 Å². The normalized spacial score (nSPS) is 10.7. The van der Waals surface area contributed by atoms with Gasteiger partial charge in [0, 0.05) is 28.4 Å². The predicted molar refractivity (Wildman–Crippen MR) is 102 cm³/mol. The molecule has 0 aliphatic heterocycles. The van der Waals surface area contributed by atoms with E-state index in [0.717, 1.165) is 29.2 Å². The van der Waals surface area contributed by atoms with Gasteiger partial charge in [0.2, 0.25) is 5.91 Å². The maximum atomic E-state index is 12.5. The molecule has 0 atom stereocenters. The van der Waals surface area contributed by atoms with Crippen molar-refractivity contribution in [3.05, 3.63) is 65.4 Å². The molecule has 0 spiro atoms. The zero-order valence-electron chi connectivity index (χ0n) is 14.8. The highest BCUT2D eigenvalue weighted by Gasteiger charge is 2.14. The number of nitrogens with zero attached hydrogens (tertiary/aromatic N) is 1. The second-order valence-electron chi connectivity index (χ2n) is 6.18. The van der Waals surface area contributed by atoms with E-state index in [2.05, 4.69) is 5.32 Å². The summed E-state index contributed by atoms with van der Waals surface area (Å²) in [7, 11) is 0. The van der Waals surface area contributed by atoms with E-state index in [-0.39, 0.29) is 18.2 Å². The summed E-state index contributed by atoms with van der Waals surface area (Å²) in [5.41, 5.74) is 3.68. The van der Waals surface area contributed by atoms with E-state index in [4.69, 9.17) is 0 Å². The third kappa shape index (κ3) is 3.42. The van der Waals surface area contributed by atoms with Crippen molar-refractivity contribution >= 4 is 34.6 Å². The molecule has 0 saturated heterocycles. The highest BCUT2D eigenvalue weighted by atomic mass is 16.2. The third-order valence-electron chi connectivity index (χ3n) is 4.39. The van der Waals surface area contributed by atoms with Crippen LogP contribution < -0.4 is 5.32 Å². The summed E-state index contributed by atoms with van der Waals surface area (Å²) in [6.07, 6.45) is 3.33. The van der Waals surface area contributed by atoms with E-state index in [9.17, 15) is 14.4 Å². The zero-order chi connectivity index (χ0) is 18.7. The first kappa shape index (κ1) is 17.6. The molecule has 0 unspecified atom stereocenters. The fraction of sp³-hybridized carbons (Fsp3) is 0.190. The van der Waals surface area contributed by atoms with Gasteiger partial charge in [0.25, 0.3) is 0 Å². The number of ketones is 1. The lowest BCUT2D eigenvalue weighted by atomic mass is 10.1. The first-order valence-electron chi connectivity index (χ1n) is 8.50. The molecule has 132 valence electrons. The van der Waals surface area contributed by atoms with Crippen LogP contribution in [0.5, 0.6) is 0 Å². The van der Waals surface area contributed by atoms with Gasteiger partial charge in [0.05, 0.1) is 5.52 Å². The third-order valence-corrected chi connectivity index (χ3v) is 4.39. The van der Waals surface area contributed by atoms with E-state index in [1.807, 2.05) is 29.7 Å². The second-order valence-corrected chi connectivity index (χ2v) is 6.18. The Labute approximate surface area is 151 Å². The lowest BCUT2D eigenvalue weighted by Gasteiger charge is -2.10. The van der Waals surface area contributed by atoms with Crippen LogP contribution in [-0.2, 0) is 17.8 Å². The fourth-order valence-corrected chi connectivity index (χ4v) is 3.14. The molecule has 1 heterocycles. The van der Waals surface area contributed by atoms with Gasteiger partial charge in [0.1, 0.15) is 6.54 Å². The Balaban J connectivity index is 1.89. The minimum atomic E-state index is -0.217. The van der Waals surface area contributed by atoms with Crippen molar-refractivity contribution in [3.8, 4) is 0 Å². The first-order chi connectivity index (χ1) is 12.5. The number of nitrogens with one attached hydrogen (secondary N) is 1. The molecule has 26 heavy (non-hydrogen) atoms. The Hall–Kier alpha value is -3.21. The average molecular weight is 348 g/mol. The van der Waals surface area contributed by atoms with Gasteiger partial charge >= 0.3 is 0 Å². The summed E-state index contributed by atoms with van der Waals surface area (Å²) < 4.78 is 1.81. The highest BCUT2D eigenvalue weighted by Crippen LogP contribution is 2.24. The molecule has 0 aliphatic rings. The standard InChI is InChI=1S/C21H20N2O3/c1-3-15-6-5-9-19-17(13-24)11-23(21(15)19)12-20(26)22-18-8-4-7-16(10-18)14(2)25/h4-11,13H,3,12H2,1-2H3,(H,22,26). The van der Waals surface area contributed by atoms with Gasteiger partial charge in [-0.15, -0.1) is 0 Å². The van der Waals surface area contributed by atoms with E-state index >= 15 is 0 Å². The Kier molecular flexibility index (Phi) is 4.98. The molecular formula is C21H20N2O3. The van der Waals surface area contributed by atoms with Crippen molar-refractivity contribution in [1.82, 2.24) is 4.57 Å². The molecule has 1 N–H and O–H groups in total. The second kappa shape index (κ2) is 7.35. The molecule has 3 rings (SSSR count). The predicted octanol–water partition coefficient (Wildman–Crippen LogP) is 3.86. The molecule has 5 nitrogen and oxygen atoms in total. The Morgan fingerprint density at radius 2 is 1.92 bits per heavy atom. The number of hydrogen-bond acceptors (Lipinski definition) is 3. The molecule has 1 aromatic heterocycles. The SMILES string of the molecule is CCc1cccc2c(C=O)cn(CC(=O)Nc3cccc(C(C)=O)c3)c12. The number of aldehydes is 1. The lowest BCUT2D eigenvalue weighted by molar-refractivity contribution is -0.116. The van der Waals surface area contributed by atoms with Crippen LogP contribution in [0.2, 0.25) is 0 Å². The molecule has 2 aromatic carbocycles. The van der Waals surface area contributed by atoms with E-state index < -0.39 is 0 Å². The Bertz CT molecular complexity index is 1000. The molecule has 3 aromatic rings. The molecule has 0 aliphatic carbocycles. The van der Waals surface area contributed by atoms with Crippen molar-refractivity contribution in [3.63, 3.8) is 0 Å². The Morgan fingerprint density at radius 1 is 1.15 bits per heavy atom. The number of benzene rings is 2. The van der Waals surface area contributed by atoms with Crippen molar-refractivity contribution in [1.29, 1.82) is 0 Å². The minimum absolute atomic E-state index is 0.0549. The highest BCUT2D eigenvalue weighted by molar-refractivity contribution is 6.01. The number of aromatic nitrogens is 1. The number of amides is 1. The number of carbonyl (C=O) groups excluding carboxylic acids is 3. The lowest BCUT2D eigenvalue weighted by Crippen LogP contribution is -2.18. The molecule has 0 radical (unpaired) electrons. The minimum Gasteiger partial charge on any atom is -0.337 e. The summed E-state index contributed by atoms with van der Waals surface area (Å²) in [6, 6.07) is 12.7. The van der Waals surface area contributed by atoms with E-state index in [0.29, 0.717) is 16.8 Å². The van der Waals surface area contributed by atoms with Gasteiger partial charge in [0.15, 0.2) is 12.1 Å². The number of para-hydroxylation sites is 1. The van der Waals surface area contributed by atoms with Crippen molar-refractivity contribution in [2.75, 3.05) is 5.32 Å². The maximum Gasteiger partial charge on any atom is 0.244 e. The fourth-order valence-electron chi connectivity index (χ4n) is 3.14. The first-order valence-corrected chi connectivity index (χ1v) is 8.50. The number of aryl methyl sites for hydroxylation is 1. The van der Waals surface area contributed by atoms with Crippen molar-refractivity contribution in [2.24, 2.45) is 0 Å². The molecule has 0 bridgehead atoms. The van der Waals surface area contributed by atoms with Crippen LogP contribution in [-0.4, -0.2) is 22.5 Å². The molecular weight excluding hydrogens is 328 g/mol. The zero-order valence-corrected chi connectivity index (χ0v) is 14.8. The molecule has 0 saturated carbocycles. The van der Waals surface area contributed by atoms with Gasteiger partial charge in [-0.25, -0.2) is 0 Å². The van der Waals surface area contributed by atoms with Gasteiger partial charge in [-0.05, 0) is 31.0 Å². The van der Waals surface area contributed by atoms with Gasteiger partial charge in [-0.1, -0.05) is 37.3 Å². The average Bonchev–Trinajstić information content (AvgIpc) is 2.99. The monoisotopic (exact) mass is 348 g/mol. The summed E-state index contributed by atoms with van der Waals surface area (Å²) in [6.45, 7) is 3.62. The van der Waals surface area contributed by atoms with Crippen LogP contribution >= 0.6 is 0 Å². The van der Waals surface area contributed by atoms with Crippen LogP contribution in [0.15, 0.2) is 48.7 Å². The summed E-state index contributed by atoms with van der Waals surface area (Å²) in [5.74, 6) is -0.272. The van der Waals surface area contributed by atoms with Gasteiger partial charge < -0.3 is 9.88 Å². The quantitative estimate of drug-likeness (QED) is 0.543. The smallest absolute Gasteiger partial charge is 0.244 e. The van der Waals surface area contributed by atoms with Crippen LogP contribution in [0.4, 0.5) is 5.69 Å². The van der Waals surface area contributed by atoms with Crippen LogP contribution in [0, 0.1) is 0 Å². The number of carbonyl (C=O) groups is 3. The Morgan fingerprint density at radius 3 is 2.62 bits per heavy atom. The topological polar surface area (TPSA) is 68.2 Å². The molecule has 1 amide bonds. The largest absolute Gasteiger partial charge is 0.337 e. The number of anilines is 1. The van der Waals surface area contributed by atoms with Crippen molar-refractivity contribution < 1.29 is 14.4 Å². The number of fused-ring (bicyclic) bond motifs is 1.